The fourth-order valence-electron chi connectivity index (χ4n) is 3.59. The zero-order valence-electron chi connectivity index (χ0n) is 14.7. The minimum Gasteiger partial charge on any atom is -0.506 e. The van der Waals surface area contributed by atoms with Crippen LogP contribution in [-0.2, 0) is 16.6 Å². The summed E-state index contributed by atoms with van der Waals surface area (Å²) in [6.45, 7) is 4.93. The minimum absolute atomic E-state index is 0.0813. The Kier molecular flexibility index (Phi) is 5.57. The molecule has 0 radical (unpaired) electrons. The van der Waals surface area contributed by atoms with E-state index >= 15 is 4.39 Å². The van der Waals surface area contributed by atoms with Crippen molar-refractivity contribution in [3.8, 4) is 5.75 Å². The van der Waals surface area contributed by atoms with Gasteiger partial charge < -0.3 is 10.0 Å². The lowest BCUT2D eigenvalue weighted by Gasteiger charge is -2.20. The van der Waals surface area contributed by atoms with Gasteiger partial charge in [0, 0.05) is 25.2 Å². The van der Waals surface area contributed by atoms with Gasteiger partial charge in [-0.25, -0.2) is 17.5 Å². The first-order valence-corrected chi connectivity index (χ1v) is 10.1. The van der Waals surface area contributed by atoms with Gasteiger partial charge in [0.1, 0.15) is 11.4 Å². The summed E-state index contributed by atoms with van der Waals surface area (Å²) < 4.78 is 66.9. The fourth-order valence-corrected chi connectivity index (χ4v) is 4.87. The third-order valence-corrected chi connectivity index (χ3v) is 6.30. The predicted molar refractivity (Wildman–Crippen MR) is 95.5 cm³/mol. The lowest BCUT2D eigenvalue weighted by molar-refractivity contribution is 0.120. The van der Waals surface area contributed by atoms with Crippen LogP contribution in [0.15, 0.2) is 24.4 Å². The van der Waals surface area contributed by atoms with Crippen LogP contribution in [0.4, 0.5) is 18.9 Å². The Hall–Kier alpha value is -1.94. The number of nitrogens with zero attached hydrogens (tertiary/aromatic N) is 2. The maximum Gasteiger partial charge on any atom is 0.324 e. The molecule has 1 atom stereocenters. The van der Waals surface area contributed by atoms with Crippen molar-refractivity contribution in [1.29, 1.82) is 0 Å². The first kappa shape index (κ1) is 19.8. The highest BCUT2D eigenvalue weighted by molar-refractivity contribution is 7.91. The molecule has 2 fully saturated rings. The number of hydrogen-bond donors (Lipinski definition) is 2. The molecule has 3 rings (SSSR count). The Labute approximate surface area is 156 Å². The van der Waals surface area contributed by atoms with Gasteiger partial charge in [0.15, 0.2) is 5.82 Å². The second-order valence-electron chi connectivity index (χ2n) is 6.96. The Morgan fingerprint density at radius 3 is 2.74 bits per heavy atom. The van der Waals surface area contributed by atoms with Crippen LogP contribution in [0.2, 0.25) is 0 Å². The van der Waals surface area contributed by atoms with Crippen molar-refractivity contribution in [3.63, 3.8) is 0 Å². The van der Waals surface area contributed by atoms with E-state index in [1.807, 2.05) is 4.90 Å². The largest absolute Gasteiger partial charge is 0.506 e. The number of aromatic hydroxyl groups is 1. The van der Waals surface area contributed by atoms with Crippen molar-refractivity contribution in [2.45, 2.75) is 25.7 Å². The van der Waals surface area contributed by atoms with Crippen LogP contribution >= 0.6 is 0 Å². The first-order chi connectivity index (χ1) is 12.7. The molecule has 0 amide bonds. The molecule has 2 N–H and O–H groups in total. The third kappa shape index (κ3) is 4.32. The van der Waals surface area contributed by atoms with E-state index in [1.165, 1.54) is 12.1 Å². The van der Waals surface area contributed by atoms with Crippen LogP contribution in [0.25, 0.3) is 0 Å². The normalized spacial score (nSPS) is 22.6. The summed E-state index contributed by atoms with van der Waals surface area (Å²) in [5.41, 5.74) is 0.0760. The number of phenols is 1. The Morgan fingerprint density at radius 1 is 1.37 bits per heavy atom. The lowest BCUT2D eigenvalue weighted by Crippen LogP contribution is -2.30. The molecule has 150 valence electrons. The van der Waals surface area contributed by atoms with Crippen LogP contribution in [0.3, 0.4) is 0 Å². The molecule has 0 aliphatic carbocycles. The minimum atomic E-state index is -4.00. The second kappa shape index (κ2) is 7.59. The van der Waals surface area contributed by atoms with E-state index < -0.39 is 33.9 Å². The average molecular weight is 405 g/mol. The van der Waals surface area contributed by atoms with Gasteiger partial charge in [-0.1, -0.05) is 12.6 Å². The predicted octanol–water partition coefficient (Wildman–Crippen LogP) is 2.22. The van der Waals surface area contributed by atoms with Crippen LogP contribution in [0, 0.1) is 11.7 Å². The SMILES string of the molecule is C=C1CN(c2c(O)ccc(CC3CCN(CCC(F)F)C3)c2F)S(=O)(=O)N1. The summed E-state index contributed by atoms with van der Waals surface area (Å²) in [5, 5.41) is 10.0. The zero-order chi connectivity index (χ0) is 19.8. The van der Waals surface area contributed by atoms with E-state index in [9.17, 15) is 22.3 Å². The van der Waals surface area contributed by atoms with Crippen molar-refractivity contribution < 1.29 is 26.7 Å². The topological polar surface area (TPSA) is 72.9 Å². The van der Waals surface area contributed by atoms with Crippen molar-refractivity contribution in [2.24, 2.45) is 5.92 Å². The number of anilines is 1. The smallest absolute Gasteiger partial charge is 0.324 e. The highest BCUT2D eigenvalue weighted by atomic mass is 32.2. The molecule has 0 bridgehead atoms. The highest BCUT2D eigenvalue weighted by Gasteiger charge is 2.35. The molecule has 0 saturated carbocycles. The number of alkyl halides is 2. The molecule has 1 unspecified atom stereocenters. The number of hydrogen-bond acceptors (Lipinski definition) is 4. The van der Waals surface area contributed by atoms with Gasteiger partial charge in [-0.05, 0) is 36.9 Å². The lowest BCUT2D eigenvalue weighted by atomic mass is 9.97. The summed E-state index contributed by atoms with van der Waals surface area (Å²) in [5.74, 6) is -1.18. The number of likely N-dealkylation sites (tertiary alicyclic amines) is 1. The van der Waals surface area contributed by atoms with Crippen LogP contribution < -0.4 is 9.03 Å². The van der Waals surface area contributed by atoms with Crippen LogP contribution in [0.1, 0.15) is 18.4 Å². The molecule has 10 heteroatoms. The number of benzene rings is 1. The van der Waals surface area contributed by atoms with Crippen molar-refractivity contribution in [1.82, 2.24) is 9.62 Å². The van der Waals surface area contributed by atoms with E-state index in [0.717, 1.165) is 10.7 Å². The van der Waals surface area contributed by atoms with Crippen LogP contribution in [0.5, 0.6) is 5.75 Å². The van der Waals surface area contributed by atoms with Gasteiger partial charge in [-0.15, -0.1) is 0 Å². The molecule has 2 heterocycles. The van der Waals surface area contributed by atoms with Gasteiger partial charge in [0.05, 0.1) is 6.54 Å². The van der Waals surface area contributed by atoms with E-state index in [1.54, 1.807) is 0 Å². The number of nitrogens with one attached hydrogen (secondary N) is 1. The molecule has 2 saturated heterocycles. The Bertz CT molecular complexity index is 832. The van der Waals surface area contributed by atoms with Crippen molar-refractivity contribution in [3.05, 3.63) is 35.8 Å². The maximum absolute atomic E-state index is 15.0. The zero-order valence-corrected chi connectivity index (χ0v) is 15.5. The average Bonchev–Trinajstić information content (AvgIpc) is 3.12. The molecule has 6 nitrogen and oxygen atoms in total. The van der Waals surface area contributed by atoms with Gasteiger partial charge in [0.2, 0.25) is 6.43 Å². The molecular formula is C17H22F3N3O3S. The molecule has 1 aromatic rings. The van der Waals surface area contributed by atoms with Crippen molar-refractivity contribution in [2.75, 3.05) is 30.5 Å². The fraction of sp³-hybridized carbons (Fsp3) is 0.529. The summed E-state index contributed by atoms with van der Waals surface area (Å²) in [6, 6.07) is 2.70. The second-order valence-corrected chi connectivity index (χ2v) is 8.56. The summed E-state index contributed by atoms with van der Waals surface area (Å²) in [6.07, 6.45) is -1.44. The van der Waals surface area contributed by atoms with E-state index in [4.69, 9.17) is 0 Å². The molecular weight excluding hydrogens is 383 g/mol. The standard InChI is InChI=1S/C17H22F3N3O3S/c1-11-9-23(27(25,26)21-11)17-14(24)3-2-13(16(17)20)8-12-4-6-22(10-12)7-5-15(18)19/h2-3,12,15,21,24H,1,4-10H2. The van der Waals surface area contributed by atoms with E-state index in [0.29, 0.717) is 26.1 Å². The number of halogens is 3. The van der Waals surface area contributed by atoms with Gasteiger partial charge in [-0.3, -0.25) is 4.72 Å². The number of rotatable bonds is 6. The van der Waals surface area contributed by atoms with Gasteiger partial charge >= 0.3 is 10.2 Å². The molecule has 27 heavy (non-hydrogen) atoms. The molecule has 2 aliphatic heterocycles. The Morgan fingerprint density at radius 2 is 2.11 bits per heavy atom. The molecule has 2 aliphatic rings. The van der Waals surface area contributed by atoms with Crippen molar-refractivity contribution >= 4 is 15.9 Å². The third-order valence-electron chi connectivity index (χ3n) is 4.86. The van der Waals surface area contributed by atoms with Crippen LogP contribution in [-0.4, -0.2) is 51.0 Å². The summed E-state index contributed by atoms with van der Waals surface area (Å²) >= 11 is 0. The van der Waals surface area contributed by atoms with Gasteiger partial charge in [0.25, 0.3) is 0 Å². The monoisotopic (exact) mass is 405 g/mol. The quantitative estimate of drug-likeness (QED) is 0.761. The molecule has 0 aromatic heterocycles. The van der Waals surface area contributed by atoms with E-state index in [2.05, 4.69) is 11.3 Å². The molecule has 0 spiro atoms. The highest BCUT2D eigenvalue weighted by Crippen LogP contribution is 2.37. The summed E-state index contributed by atoms with van der Waals surface area (Å²) in [4.78, 5) is 1.93. The van der Waals surface area contributed by atoms with E-state index in [-0.39, 0.29) is 30.1 Å². The number of phenolic OH excluding ortho intramolecular Hbond substituents is 1. The maximum atomic E-state index is 15.0. The first-order valence-electron chi connectivity index (χ1n) is 8.66. The molecule has 1 aromatic carbocycles. The summed E-state index contributed by atoms with van der Waals surface area (Å²) in [7, 11) is -4.00. The van der Waals surface area contributed by atoms with Gasteiger partial charge in [-0.2, -0.15) is 8.42 Å². The Balaban J connectivity index is 1.76.